The minimum atomic E-state index is -0.0985. The van der Waals surface area contributed by atoms with Crippen molar-refractivity contribution in [1.29, 1.82) is 0 Å². The van der Waals surface area contributed by atoms with Crippen LogP contribution in [0.25, 0.3) is 6.08 Å². The third-order valence-electron chi connectivity index (χ3n) is 3.25. The Morgan fingerprint density at radius 3 is 2.40 bits per heavy atom. The first-order chi connectivity index (χ1) is 9.43. The molecule has 0 saturated carbocycles. The van der Waals surface area contributed by atoms with E-state index in [1.165, 1.54) is 6.92 Å². The van der Waals surface area contributed by atoms with Gasteiger partial charge in [0, 0.05) is 31.8 Å². The second kappa shape index (κ2) is 7.48. The molecule has 1 aromatic carbocycles. The van der Waals surface area contributed by atoms with Crippen LogP contribution in [0.3, 0.4) is 0 Å². The van der Waals surface area contributed by atoms with Crippen LogP contribution in [0, 0.1) is 0 Å². The molecule has 0 aliphatic heterocycles. The van der Waals surface area contributed by atoms with Crippen molar-refractivity contribution in [1.82, 2.24) is 4.90 Å². The van der Waals surface area contributed by atoms with Crippen LogP contribution in [0.1, 0.15) is 32.8 Å². The molecule has 20 heavy (non-hydrogen) atoms. The second-order valence-electron chi connectivity index (χ2n) is 4.84. The van der Waals surface area contributed by atoms with Crippen LogP contribution in [0.15, 0.2) is 30.3 Å². The van der Waals surface area contributed by atoms with Gasteiger partial charge in [0.25, 0.3) is 0 Å². The monoisotopic (exact) mass is 274 g/mol. The summed E-state index contributed by atoms with van der Waals surface area (Å²) in [5.74, 6) is -0.107. The van der Waals surface area contributed by atoms with Crippen molar-refractivity contribution in [3.05, 3.63) is 35.9 Å². The van der Waals surface area contributed by atoms with Crippen LogP contribution in [-0.2, 0) is 9.59 Å². The van der Waals surface area contributed by atoms with Gasteiger partial charge < -0.3 is 10.2 Å². The maximum atomic E-state index is 11.9. The summed E-state index contributed by atoms with van der Waals surface area (Å²) < 4.78 is 0. The number of carbonyl (C=O) groups is 2. The number of nitrogens with zero attached hydrogens (tertiary/aromatic N) is 1. The highest BCUT2D eigenvalue weighted by molar-refractivity contribution is 5.92. The molecule has 0 aliphatic carbocycles. The second-order valence-corrected chi connectivity index (χ2v) is 4.84. The summed E-state index contributed by atoms with van der Waals surface area (Å²) in [5, 5.41) is 2.70. The number of anilines is 1. The summed E-state index contributed by atoms with van der Waals surface area (Å²) in [7, 11) is 1.81. The first-order valence-corrected chi connectivity index (χ1v) is 6.76. The molecule has 1 aromatic rings. The summed E-state index contributed by atoms with van der Waals surface area (Å²) >= 11 is 0. The summed E-state index contributed by atoms with van der Waals surface area (Å²) in [5.41, 5.74) is 1.67. The molecule has 1 N–H and O–H groups in total. The lowest BCUT2D eigenvalue weighted by Gasteiger charge is -2.22. The fourth-order valence-corrected chi connectivity index (χ4v) is 1.66. The maximum Gasteiger partial charge on any atom is 0.246 e. The third-order valence-corrected chi connectivity index (χ3v) is 3.25. The molecule has 0 aromatic heterocycles. The first kappa shape index (κ1) is 16.0. The van der Waals surface area contributed by atoms with E-state index in [2.05, 4.69) is 12.2 Å². The number of hydrogen-bond acceptors (Lipinski definition) is 2. The van der Waals surface area contributed by atoms with Gasteiger partial charge in [-0.15, -0.1) is 0 Å². The molecular formula is C16H22N2O2. The van der Waals surface area contributed by atoms with Crippen LogP contribution in [0.5, 0.6) is 0 Å². The number of hydrogen-bond donors (Lipinski definition) is 1. The van der Waals surface area contributed by atoms with Gasteiger partial charge in [0.05, 0.1) is 0 Å². The van der Waals surface area contributed by atoms with Gasteiger partial charge in [-0.25, -0.2) is 0 Å². The fraction of sp³-hybridized carbons (Fsp3) is 0.375. The predicted octanol–water partition coefficient (Wildman–Crippen LogP) is 2.92. The molecule has 108 valence electrons. The minimum Gasteiger partial charge on any atom is -0.340 e. The molecule has 0 heterocycles. The first-order valence-electron chi connectivity index (χ1n) is 6.76. The Bertz CT molecular complexity index is 492. The molecule has 0 bridgehead atoms. The molecule has 1 rings (SSSR count). The molecule has 0 aliphatic rings. The Balaban J connectivity index is 2.66. The van der Waals surface area contributed by atoms with Crippen molar-refractivity contribution < 1.29 is 9.59 Å². The molecule has 4 heteroatoms. The number of carbonyl (C=O) groups excluding carboxylic acids is 2. The Hall–Kier alpha value is -2.10. The standard InChI is InChI=1S/C16H22N2O2/c1-5-12(2)18(4)16(20)11-8-14-6-9-15(10-7-14)17-13(3)19/h6-12H,5H2,1-4H3,(H,17,19)/b11-8+. The van der Waals surface area contributed by atoms with Gasteiger partial charge in [-0.05, 0) is 37.1 Å². The van der Waals surface area contributed by atoms with Gasteiger partial charge >= 0.3 is 0 Å². The van der Waals surface area contributed by atoms with Gasteiger partial charge in [0.2, 0.25) is 11.8 Å². The van der Waals surface area contributed by atoms with Crippen LogP contribution < -0.4 is 5.32 Å². The van der Waals surface area contributed by atoms with Crippen molar-refractivity contribution in [3.8, 4) is 0 Å². The topological polar surface area (TPSA) is 49.4 Å². The van der Waals surface area contributed by atoms with Crippen molar-refractivity contribution in [2.24, 2.45) is 0 Å². The number of likely N-dealkylation sites (N-methyl/N-ethyl adjacent to an activating group) is 1. The van der Waals surface area contributed by atoms with Gasteiger partial charge in [-0.1, -0.05) is 19.1 Å². The summed E-state index contributed by atoms with van der Waals surface area (Å²) in [6, 6.07) is 7.57. The van der Waals surface area contributed by atoms with E-state index in [1.54, 1.807) is 24.1 Å². The highest BCUT2D eigenvalue weighted by Gasteiger charge is 2.10. The SMILES string of the molecule is CCC(C)N(C)C(=O)/C=C/c1ccc(NC(C)=O)cc1. The number of amides is 2. The van der Waals surface area contributed by atoms with E-state index >= 15 is 0 Å². The Kier molecular flexibility index (Phi) is 5.97. The van der Waals surface area contributed by atoms with E-state index in [0.717, 1.165) is 17.7 Å². The highest BCUT2D eigenvalue weighted by atomic mass is 16.2. The largest absolute Gasteiger partial charge is 0.340 e. The summed E-state index contributed by atoms with van der Waals surface area (Å²) in [4.78, 5) is 24.5. The lowest BCUT2D eigenvalue weighted by Crippen LogP contribution is -2.33. The van der Waals surface area contributed by atoms with E-state index in [1.807, 2.05) is 31.2 Å². The van der Waals surface area contributed by atoms with Crippen LogP contribution >= 0.6 is 0 Å². The normalized spacial score (nSPS) is 12.2. The van der Waals surface area contributed by atoms with Crippen LogP contribution in [0.4, 0.5) is 5.69 Å². The average molecular weight is 274 g/mol. The van der Waals surface area contributed by atoms with Gasteiger partial charge in [0.1, 0.15) is 0 Å². The zero-order valence-electron chi connectivity index (χ0n) is 12.5. The smallest absolute Gasteiger partial charge is 0.246 e. The minimum absolute atomic E-state index is 0.00899. The van der Waals surface area contributed by atoms with Gasteiger partial charge in [0.15, 0.2) is 0 Å². The maximum absolute atomic E-state index is 11.9. The number of nitrogens with one attached hydrogen (secondary N) is 1. The molecule has 2 amide bonds. The number of rotatable bonds is 5. The zero-order chi connectivity index (χ0) is 15.1. The van der Waals surface area contributed by atoms with Crippen molar-refractivity contribution in [2.45, 2.75) is 33.2 Å². The molecule has 1 unspecified atom stereocenters. The zero-order valence-corrected chi connectivity index (χ0v) is 12.5. The summed E-state index contributed by atoms with van der Waals surface area (Å²) in [6.07, 6.45) is 4.28. The van der Waals surface area contributed by atoms with Crippen molar-refractivity contribution >= 4 is 23.6 Å². The molecule has 0 radical (unpaired) electrons. The summed E-state index contributed by atoms with van der Waals surface area (Å²) in [6.45, 7) is 5.55. The van der Waals surface area contributed by atoms with Crippen molar-refractivity contribution in [3.63, 3.8) is 0 Å². The quantitative estimate of drug-likeness (QED) is 0.839. The number of benzene rings is 1. The molecule has 0 saturated heterocycles. The average Bonchev–Trinajstić information content (AvgIpc) is 2.44. The lowest BCUT2D eigenvalue weighted by molar-refractivity contribution is -0.126. The third kappa shape index (κ3) is 4.88. The molecule has 4 nitrogen and oxygen atoms in total. The lowest BCUT2D eigenvalue weighted by atomic mass is 10.2. The van der Waals surface area contributed by atoms with Gasteiger partial charge in [-0.3, -0.25) is 9.59 Å². The van der Waals surface area contributed by atoms with E-state index in [9.17, 15) is 9.59 Å². The molecule has 0 fully saturated rings. The van der Waals surface area contributed by atoms with E-state index in [-0.39, 0.29) is 17.9 Å². The van der Waals surface area contributed by atoms with E-state index in [4.69, 9.17) is 0 Å². The van der Waals surface area contributed by atoms with E-state index < -0.39 is 0 Å². The van der Waals surface area contributed by atoms with Crippen LogP contribution in [-0.4, -0.2) is 29.8 Å². The Labute approximate surface area is 120 Å². The fourth-order valence-electron chi connectivity index (χ4n) is 1.66. The predicted molar refractivity (Wildman–Crippen MR) is 82.3 cm³/mol. The molecule has 0 spiro atoms. The molecule has 1 atom stereocenters. The Morgan fingerprint density at radius 2 is 1.90 bits per heavy atom. The van der Waals surface area contributed by atoms with Crippen molar-refractivity contribution in [2.75, 3.05) is 12.4 Å². The highest BCUT2D eigenvalue weighted by Crippen LogP contribution is 2.11. The molecular weight excluding hydrogens is 252 g/mol. The van der Waals surface area contributed by atoms with E-state index in [0.29, 0.717) is 0 Å². The Morgan fingerprint density at radius 1 is 1.30 bits per heavy atom. The van der Waals surface area contributed by atoms with Crippen LogP contribution in [0.2, 0.25) is 0 Å². The van der Waals surface area contributed by atoms with Gasteiger partial charge in [-0.2, -0.15) is 0 Å².